The van der Waals surface area contributed by atoms with Gasteiger partial charge in [-0.05, 0) is 41.5 Å². The van der Waals surface area contributed by atoms with Crippen molar-refractivity contribution in [3.05, 3.63) is 64.7 Å². The van der Waals surface area contributed by atoms with Crippen LogP contribution in [0.25, 0.3) is 0 Å². The van der Waals surface area contributed by atoms with Crippen molar-refractivity contribution >= 4 is 5.91 Å². The minimum absolute atomic E-state index is 0.162. The fourth-order valence-electron chi connectivity index (χ4n) is 2.60. The molecule has 0 spiro atoms. The number of carbonyl (C=O) groups excluding carboxylic acids is 1. The molecular weight excluding hydrogens is 321 g/mol. The highest BCUT2D eigenvalue weighted by Crippen LogP contribution is 2.27. The zero-order valence-corrected chi connectivity index (χ0v) is 12.3. The molecule has 1 aliphatic rings. The fraction of sp³-hybridized carbons (Fsp3) is 0.176. The van der Waals surface area contributed by atoms with Gasteiger partial charge in [-0.3, -0.25) is 4.79 Å². The van der Waals surface area contributed by atoms with E-state index in [1.165, 1.54) is 24.3 Å². The van der Waals surface area contributed by atoms with Gasteiger partial charge in [-0.15, -0.1) is 13.2 Å². The third kappa shape index (κ3) is 3.33. The maximum Gasteiger partial charge on any atom is 0.573 e. The van der Waals surface area contributed by atoms with Crippen molar-refractivity contribution in [1.82, 2.24) is 4.90 Å². The summed E-state index contributed by atoms with van der Waals surface area (Å²) >= 11 is 0. The highest BCUT2D eigenvalue weighted by molar-refractivity contribution is 5.98. The standard InChI is InChI=1S/C17H11F3N2O2/c18-17(19,20)24-14-4-1-11(2-5-14)9-22-10-13-7-12(8-21)3-6-15(13)16(22)23/h1-7H,9-10H2. The highest BCUT2D eigenvalue weighted by atomic mass is 19.4. The van der Waals surface area contributed by atoms with Crippen molar-refractivity contribution in [3.63, 3.8) is 0 Å². The summed E-state index contributed by atoms with van der Waals surface area (Å²) in [5.74, 6) is -0.467. The number of benzene rings is 2. The molecule has 0 saturated carbocycles. The van der Waals surface area contributed by atoms with Crippen LogP contribution in [0.3, 0.4) is 0 Å². The Balaban J connectivity index is 1.71. The third-order valence-corrected chi connectivity index (χ3v) is 3.64. The predicted molar refractivity (Wildman–Crippen MR) is 77.9 cm³/mol. The Morgan fingerprint density at radius 1 is 1.17 bits per heavy atom. The van der Waals surface area contributed by atoms with Gasteiger partial charge in [-0.25, -0.2) is 0 Å². The van der Waals surface area contributed by atoms with Crippen LogP contribution in [-0.4, -0.2) is 17.2 Å². The molecule has 0 aliphatic carbocycles. The number of hydrogen-bond acceptors (Lipinski definition) is 3. The number of carbonyl (C=O) groups is 1. The number of hydrogen-bond donors (Lipinski definition) is 0. The normalized spacial score (nSPS) is 13.6. The Kier molecular flexibility index (Phi) is 3.89. The van der Waals surface area contributed by atoms with E-state index in [4.69, 9.17) is 5.26 Å². The second-order valence-corrected chi connectivity index (χ2v) is 5.34. The number of fused-ring (bicyclic) bond motifs is 1. The van der Waals surface area contributed by atoms with Gasteiger partial charge in [-0.2, -0.15) is 5.26 Å². The molecule has 24 heavy (non-hydrogen) atoms. The van der Waals surface area contributed by atoms with Crippen molar-refractivity contribution in [2.45, 2.75) is 19.5 Å². The van der Waals surface area contributed by atoms with Gasteiger partial charge in [0.2, 0.25) is 0 Å². The summed E-state index contributed by atoms with van der Waals surface area (Å²) in [5.41, 5.74) is 2.49. The largest absolute Gasteiger partial charge is 0.573 e. The predicted octanol–water partition coefficient (Wildman–Crippen LogP) is 3.61. The van der Waals surface area contributed by atoms with Gasteiger partial charge in [0.15, 0.2) is 0 Å². The first-order chi connectivity index (χ1) is 11.4. The SMILES string of the molecule is N#Cc1ccc2c(c1)CN(Cc1ccc(OC(F)(F)F)cc1)C2=O. The lowest BCUT2D eigenvalue weighted by molar-refractivity contribution is -0.274. The van der Waals surface area contributed by atoms with E-state index in [-0.39, 0.29) is 18.2 Å². The summed E-state index contributed by atoms with van der Waals surface area (Å²) < 4.78 is 40.2. The first kappa shape index (κ1) is 15.9. The van der Waals surface area contributed by atoms with Crippen molar-refractivity contribution in [2.24, 2.45) is 0 Å². The van der Waals surface area contributed by atoms with Gasteiger partial charge in [-0.1, -0.05) is 12.1 Å². The number of nitrogens with zero attached hydrogens (tertiary/aromatic N) is 2. The minimum atomic E-state index is -4.73. The smallest absolute Gasteiger partial charge is 0.406 e. The maximum atomic E-state index is 12.3. The van der Waals surface area contributed by atoms with Gasteiger partial charge >= 0.3 is 6.36 Å². The molecule has 0 radical (unpaired) electrons. The molecule has 7 heteroatoms. The first-order valence-electron chi connectivity index (χ1n) is 7.03. The molecule has 3 rings (SSSR count). The van der Waals surface area contributed by atoms with Gasteiger partial charge in [0.1, 0.15) is 5.75 Å². The lowest BCUT2D eigenvalue weighted by atomic mass is 10.1. The van der Waals surface area contributed by atoms with E-state index < -0.39 is 6.36 Å². The molecule has 0 bridgehead atoms. The van der Waals surface area contributed by atoms with Crippen LogP contribution in [0.5, 0.6) is 5.75 Å². The number of ether oxygens (including phenoxy) is 1. The summed E-state index contributed by atoms with van der Waals surface area (Å²) in [7, 11) is 0. The molecule has 0 fully saturated rings. The Labute approximate surface area is 135 Å². The van der Waals surface area contributed by atoms with Crippen molar-refractivity contribution < 1.29 is 22.7 Å². The molecule has 0 unspecified atom stereocenters. The van der Waals surface area contributed by atoms with E-state index in [2.05, 4.69) is 4.74 Å². The second kappa shape index (κ2) is 5.89. The molecule has 1 amide bonds. The molecular formula is C17H11F3N2O2. The van der Waals surface area contributed by atoms with E-state index in [1.807, 2.05) is 6.07 Å². The summed E-state index contributed by atoms with van der Waals surface area (Å²) in [6.45, 7) is 0.631. The topological polar surface area (TPSA) is 53.3 Å². The summed E-state index contributed by atoms with van der Waals surface area (Å²) in [6, 6.07) is 12.3. The Morgan fingerprint density at radius 2 is 1.88 bits per heavy atom. The third-order valence-electron chi connectivity index (χ3n) is 3.64. The molecule has 0 N–H and O–H groups in total. The number of amides is 1. The van der Waals surface area contributed by atoms with Crippen LogP contribution in [0, 0.1) is 11.3 Å². The van der Waals surface area contributed by atoms with E-state index in [0.29, 0.717) is 23.2 Å². The van der Waals surface area contributed by atoms with Crippen LogP contribution in [-0.2, 0) is 13.1 Å². The maximum absolute atomic E-state index is 12.3. The molecule has 1 aliphatic heterocycles. The van der Waals surface area contributed by atoms with Crippen LogP contribution in [0.2, 0.25) is 0 Å². The lowest BCUT2D eigenvalue weighted by Crippen LogP contribution is -2.23. The first-order valence-corrected chi connectivity index (χ1v) is 7.03. The molecule has 0 atom stereocenters. The average molecular weight is 332 g/mol. The molecule has 4 nitrogen and oxygen atoms in total. The van der Waals surface area contributed by atoms with Crippen LogP contribution in [0.15, 0.2) is 42.5 Å². The van der Waals surface area contributed by atoms with Crippen molar-refractivity contribution in [3.8, 4) is 11.8 Å². The number of nitriles is 1. The number of halogens is 3. The summed E-state index contributed by atoms with van der Waals surface area (Å²) in [6.07, 6.45) is -4.73. The quantitative estimate of drug-likeness (QED) is 0.863. The van der Waals surface area contributed by atoms with Crippen LogP contribution in [0.1, 0.15) is 27.0 Å². The molecule has 2 aromatic rings. The van der Waals surface area contributed by atoms with Gasteiger partial charge < -0.3 is 9.64 Å². The molecule has 122 valence electrons. The average Bonchev–Trinajstić information content (AvgIpc) is 2.83. The zero-order valence-electron chi connectivity index (χ0n) is 12.3. The van der Waals surface area contributed by atoms with Gasteiger partial charge in [0.05, 0.1) is 11.6 Å². The molecule has 1 heterocycles. The van der Waals surface area contributed by atoms with Crippen LogP contribution in [0.4, 0.5) is 13.2 Å². The van der Waals surface area contributed by atoms with Crippen LogP contribution >= 0.6 is 0 Å². The van der Waals surface area contributed by atoms with Crippen LogP contribution < -0.4 is 4.74 Å². The van der Waals surface area contributed by atoms with E-state index in [9.17, 15) is 18.0 Å². The fourth-order valence-corrected chi connectivity index (χ4v) is 2.60. The van der Waals surface area contributed by atoms with Crippen molar-refractivity contribution in [2.75, 3.05) is 0 Å². The minimum Gasteiger partial charge on any atom is -0.406 e. The summed E-state index contributed by atoms with van der Waals surface area (Å²) in [5, 5.41) is 8.90. The monoisotopic (exact) mass is 332 g/mol. The lowest BCUT2D eigenvalue weighted by Gasteiger charge is -2.16. The number of alkyl halides is 3. The Hall–Kier alpha value is -3.01. The molecule has 0 saturated heterocycles. The molecule has 2 aromatic carbocycles. The van der Waals surface area contributed by atoms with E-state index in [1.54, 1.807) is 23.1 Å². The number of rotatable bonds is 3. The zero-order chi connectivity index (χ0) is 17.3. The Morgan fingerprint density at radius 3 is 2.50 bits per heavy atom. The Bertz CT molecular complexity index is 823. The van der Waals surface area contributed by atoms with E-state index >= 15 is 0 Å². The molecule has 0 aromatic heterocycles. The van der Waals surface area contributed by atoms with Gasteiger partial charge in [0, 0.05) is 18.7 Å². The van der Waals surface area contributed by atoms with Crippen molar-refractivity contribution in [1.29, 1.82) is 5.26 Å². The summed E-state index contributed by atoms with van der Waals surface area (Å²) in [4.78, 5) is 13.9. The second-order valence-electron chi connectivity index (χ2n) is 5.34. The van der Waals surface area contributed by atoms with Gasteiger partial charge in [0.25, 0.3) is 5.91 Å². The highest BCUT2D eigenvalue weighted by Gasteiger charge is 2.31. The van der Waals surface area contributed by atoms with E-state index in [0.717, 1.165) is 5.56 Å².